The van der Waals surface area contributed by atoms with Crippen LogP contribution in [-0.4, -0.2) is 54.8 Å². The van der Waals surface area contributed by atoms with Gasteiger partial charge in [0.05, 0.1) is 22.8 Å². The quantitative estimate of drug-likeness (QED) is 0.0968. The summed E-state index contributed by atoms with van der Waals surface area (Å²) in [5, 5.41) is 5.14. The number of benzene rings is 17. The van der Waals surface area contributed by atoms with Crippen molar-refractivity contribution in [3.63, 3.8) is 0 Å². The van der Waals surface area contributed by atoms with E-state index in [4.69, 9.17) is 44.9 Å². The molecule has 0 saturated carbocycles. The Morgan fingerprint density at radius 1 is 0.168 bits per heavy atom. The Morgan fingerprint density at radius 2 is 0.531 bits per heavy atom. The lowest BCUT2D eigenvalue weighted by atomic mass is 9.80. The summed E-state index contributed by atoms with van der Waals surface area (Å²) in [6.07, 6.45) is 7.30. The maximum atomic E-state index is 5.07. The van der Waals surface area contributed by atoms with E-state index < -0.39 is 0 Å². The van der Waals surface area contributed by atoms with Crippen LogP contribution in [0.2, 0.25) is 0 Å². The highest BCUT2D eigenvalue weighted by atomic mass is 15.0. The highest BCUT2D eigenvalue weighted by molar-refractivity contribution is 6.07. The van der Waals surface area contributed by atoms with Crippen LogP contribution in [0.5, 0.6) is 0 Å². The average Bonchev–Trinajstić information content (AvgIpc) is 1.57. The van der Waals surface area contributed by atoms with E-state index in [0.29, 0.717) is 40.8 Å². The highest BCUT2D eigenvalue weighted by Gasteiger charge is 2.41. The lowest BCUT2D eigenvalue weighted by molar-refractivity contribution is 0.660. The second-order valence-electron chi connectivity index (χ2n) is 38.4. The second kappa shape index (κ2) is 36.6. The van der Waals surface area contributed by atoms with Crippen molar-refractivity contribution in [2.75, 3.05) is 0 Å². The molecule has 143 heavy (non-hydrogen) atoms. The van der Waals surface area contributed by atoms with Crippen LogP contribution in [-0.2, 0) is 16.2 Å². The van der Waals surface area contributed by atoms with Gasteiger partial charge in [0.15, 0.2) is 40.8 Å². The summed E-state index contributed by atoms with van der Waals surface area (Å²) in [5.41, 5.74) is 39.6. The van der Waals surface area contributed by atoms with Crippen molar-refractivity contribution in [3.05, 3.63) is 501 Å². The van der Waals surface area contributed by atoms with E-state index in [-0.39, 0.29) is 16.2 Å². The van der Waals surface area contributed by atoms with Gasteiger partial charge in [0.25, 0.3) is 0 Å². The third-order valence-electron chi connectivity index (χ3n) is 28.6. The van der Waals surface area contributed by atoms with Gasteiger partial charge in [-0.1, -0.05) is 424 Å². The summed E-state index contributed by atoms with van der Waals surface area (Å²) in [6, 6.07) is 155. The molecule has 0 fully saturated rings. The molecule has 0 N–H and O–H groups in total. The van der Waals surface area contributed by atoms with Crippen LogP contribution >= 0.6 is 0 Å². The Morgan fingerprint density at radius 3 is 1.10 bits per heavy atom. The minimum atomic E-state index is -0.126. The lowest BCUT2D eigenvalue weighted by Gasteiger charge is -2.23. The lowest BCUT2D eigenvalue weighted by Crippen LogP contribution is -2.15. The van der Waals surface area contributed by atoms with E-state index in [9.17, 15) is 0 Å². The normalized spacial score (nSPS) is 12.9. The van der Waals surface area contributed by atoms with Crippen molar-refractivity contribution in [2.45, 2.75) is 57.8 Å². The molecule has 0 saturated heterocycles. The molecule has 23 aromatic rings. The number of aromatic nitrogens is 11. The average molecular weight is 1840 g/mol. The fourth-order valence-electron chi connectivity index (χ4n) is 21.2. The van der Waals surface area contributed by atoms with E-state index >= 15 is 0 Å². The predicted molar refractivity (Wildman–Crippen MR) is 584 cm³/mol. The molecule has 6 aromatic heterocycles. The fraction of sp³-hybridized carbons (Fsp3) is 0.0682. The van der Waals surface area contributed by atoms with E-state index in [1.807, 2.05) is 164 Å². The summed E-state index contributed by atoms with van der Waals surface area (Å²) in [7, 11) is 0. The van der Waals surface area contributed by atoms with Gasteiger partial charge in [-0.2, -0.15) is 0 Å². The molecule has 3 aliphatic carbocycles. The van der Waals surface area contributed by atoms with Crippen LogP contribution in [0.4, 0.5) is 0 Å². The van der Waals surface area contributed by atoms with Crippen molar-refractivity contribution >= 4 is 21.5 Å². The summed E-state index contributed by atoms with van der Waals surface area (Å²) < 4.78 is 0. The van der Waals surface area contributed by atoms with Crippen LogP contribution in [0.1, 0.15) is 74.9 Å². The van der Waals surface area contributed by atoms with E-state index in [1.165, 1.54) is 111 Å². The molecule has 11 heteroatoms. The Bertz CT molecular complexity index is 8780. The molecule has 26 rings (SSSR count). The van der Waals surface area contributed by atoms with Crippen molar-refractivity contribution in [3.8, 4) is 203 Å². The van der Waals surface area contributed by atoms with Crippen LogP contribution in [0, 0.1) is 0 Å². The number of pyridine rings is 3. The zero-order valence-corrected chi connectivity index (χ0v) is 79.9. The van der Waals surface area contributed by atoms with Gasteiger partial charge < -0.3 is 0 Å². The minimum Gasteiger partial charge on any atom is -0.265 e. The summed E-state index contributed by atoms with van der Waals surface area (Å²) >= 11 is 0. The Balaban J connectivity index is 0.000000116. The molecule has 3 aliphatic rings. The molecule has 678 valence electrons. The van der Waals surface area contributed by atoms with Crippen LogP contribution in [0.3, 0.4) is 0 Å². The van der Waals surface area contributed by atoms with Crippen molar-refractivity contribution in [1.29, 1.82) is 0 Å². The summed E-state index contributed by atoms with van der Waals surface area (Å²) in [4.78, 5) is 53.6. The van der Waals surface area contributed by atoms with Crippen molar-refractivity contribution in [1.82, 2.24) is 54.8 Å². The van der Waals surface area contributed by atoms with E-state index in [0.717, 1.165) is 106 Å². The summed E-state index contributed by atoms with van der Waals surface area (Å²) in [6.45, 7) is 14.0. The van der Waals surface area contributed by atoms with Gasteiger partial charge in [-0.3, -0.25) is 15.0 Å². The molecule has 0 bridgehead atoms. The molecule has 17 aromatic carbocycles. The van der Waals surface area contributed by atoms with Gasteiger partial charge in [0.2, 0.25) is 0 Å². The number of rotatable bonds is 15. The van der Waals surface area contributed by atoms with Crippen molar-refractivity contribution in [2.24, 2.45) is 0 Å². The molecule has 0 radical (unpaired) electrons. The second-order valence-corrected chi connectivity index (χ2v) is 38.4. The smallest absolute Gasteiger partial charge is 0.165 e. The van der Waals surface area contributed by atoms with Gasteiger partial charge in [-0.25, -0.2) is 39.9 Å². The van der Waals surface area contributed by atoms with Gasteiger partial charge in [0, 0.05) is 102 Å². The van der Waals surface area contributed by atoms with Crippen LogP contribution in [0.15, 0.2) is 468 Å². The Kier molecular flexibility index (Phi) is 22.4. The molecule has 0 unspecified atom stereocenters. The standard InChI is InChI=1S/2C45H32N4.C42H31N3/c1-45(2)37-22-12-21-36(41(37)40-35-20-10-9-13-29(35)23-25-38(40)45)32-18-11-19-33(27-32)43-47-42(31-16-7-4-8-17-31)48-44(49-43)34-24-26-39(46-28-34)30-14-5-3-6-15-30;1-45(2)38-19-11-18-35(40(38)37-26-25-29-12-6-7-17-36(29)41(37)45)33-15-10-16-34(28-33)44-48-42(31-13-4-3-5-14-31)47-43(49-44)32-23-21-30(22-24-32)39-20-8-9-27-46-39;1-42(2)37-11-7-6-10-35(37)36-21-20-34(26-38(36)42)29-12-16-32(17-13-29)40-27-39(31-8-4-3-5-9-31)44-41(45-40)33-18-14-28(15-19-33)30-22-24-43-25-23-30/h2*3-28H,1-2H3;3-27H,1-2H3. The largest absolute Gasteiger partial charge is 0.265 e. The Labute approximate surface area is 832 Å². The first-order chi connectivity index (χ1) is 70.1. The molecule has 0 amide bonds. The minimum absolute atomic E-state index is 0.0242. The van der Waals surface area contributed by atoms with Gasteiger partial charge >= 0.3 is 0 Å². The first kappa shape index (κ1) is 87.6. The molecular formula is C132H95N11. The van der Waals surface area contributed by atoms with Gasteiger partial charge in [-0.15, -0.1) is 0 Å². The molecule has 11 nitrogen and oxygen atoms in total. The van der Waals surface area contributed by atoms with Crippen LogP contribution in [0.25, 0.3) is 224 Å². The van der Waals surface area contributed by atoms with E-state index in [1.54, 1.807) is 0 Å². The predicted octanol–water partition coefficient (Wildman–Crippen LogP) is 32.6. The van der Waals surface area contributed by atoms with Crippen LogP contribution < -0.4 is 0 Å². The monoisotopic (exact) mass is 1830 g/mol. The number of hydrogen-bond donors (Lipinski definition) is 0. The van der Waals surface area contributed by atoms with Gasteiger partial charge in [-0.05, 0) is 193 Å². The van der Waals surface area contributed by atoms with E-state index in [2.05, 4.69) is 355 Å². The first-order valence-electron chi connectivity index (χ1n) is 48.6. The first-order valence-corrected chi connectivity index (χ1v) is 48.6. The maximum Gasteiger partial charge on any atom is 0.165 e. The molecular weight excluding hydrogens is 1740 g/mol. The van der Waals surface area contributed by atoms with Gasteiger partial charge in [0.1, 0.15) is 0 Å². The highest BCUT2D eigenvalue weighted by Crippen LogP contribution is 2.57. The van der Waals surface area contributed by atoms with Crippen molar-refractivity contribution < 1.29 is 0 Å². The molecule has 0 atom stereocenters. The molecule has 0 spiro atoms. The zero-order valence-electron chi connectivity index (χ0n) is 79.9. The SMILES string of the molecule is CC1(C)c2cccc(-c3cccc(-c4nc(-c5ccccc5)nc(-c5ccc(-c6ccccc6)nc5)n4)c3)c2-c2c1ccc1ccccc21.CC1(C)c2cccc(-c3cccc(-c4nc(-c5ccccc5)nc(-c5ccc(-c6ccccn6)cc5)n4)c3)c2-c2ccc3ccccc3c21.CC1(C)c2ccccc2-c2ccc(-c3ccc(-c4cc(-c5ccccc5)nc(-c5ccc(-c6ccncc6)cc5)n4)cc3)cc21. The fourth-order valence-corrected chi connectivity index (χ4v) is 21.2. The molecule has 0 aliphatic heterocycles. The molecule has 6 heterocycles. The topological polar surface area (TPSA) is 142 Å². The summed E-state index contributed by atoms with van der Waals surface area (Å²) in [5.74, 6) is 4.45. The number of fused-ring (bicyclic) bond motifs is 13. The number of nitrogens with zero attached hydrogens (tertiary/aromatic N) is 11. The zero-order chi connectivity index (χ0) is 96.3. The maximum absolute atomic E-state index is 5.07. The third kappa shape index (κ3) is 16.5. The Hall–Kier alpha value is -18.2. The number of hydrogen-bond acceptors (Lipinski definition) is 11. The third-order valence-corrected chi connectivity index (χ3v) is 28.6.